The summed E-state index contributed by atoms with van der Waals surface area (Å²) in [6.45, 7) is 6.68. The highest BCUT2D eigenvalue weighted by Crippen LogP contribution is 2.29. The van der Waals surface area contributed by atoms with Gasteiger partial charge in [-0.2, -0.15) is 0 Å². The van der Waals surface area contributed by atoms with E-state index in [0.29, 0.717) is 13.1 Å². The van der Waals surface area contributed by atoms with Crippen molar-refractivity contribution in [1.82, 2.24) is 15.1 Å². The van der Waals surface area contributed by atoms with E-state index >= 15 is 0 Å². The zero-order valence-electron chi connectivity index (χ0n) is 18.7. The molecule has 0 saturated carbocycles. The Balaban J connectivity index is 1.68. The van der Waals surface area contributed by atoms with Crippen LogP contribution in [0.3, 0.4) is 0 Å². The lowest BCUT2D eigenvalue weighted by Crippen LogP contribution is -2.56. The third kappa shape index (κ3) is 5.64. The molecule has 1 heterocycles. The van der Waals surface area contributed by atoms with Crippen molar-refractivity contribution in [2.45, 2.75) is 32.4 Å². The maximum Gasteiger partial charge on any atom is 0.328 e. The average molecular weight is 424 g/mol. The number of ether oxygens (including phenoxy) is 1. The van der Waals surface area contributed by atoms with Crippen LogP contribution in [0, 0.1) is 5.92 Å². The first kappa shape index (κ1) is 22.8. The largest absolute Gasteiger partial charge is 0.467 e. The van der Waals surface area contributed by atoms with Gasteiger partial charge in [0.05, 0.1) is 13.2 Å². The molecule has 1 fully saturated rings. The van der Waals surface area contributed by atoms with Gasteiger partial charge in [-0.1, -0.05) is 80.9 Å². The van der Waals surface area contributed by atoms with Gasteiger partial charge in [0.25, 0.3) is 0 Å². The number of carbonyl (C=O) groups is 2. The van der Waals surface area contributed by atoms with Crippen LogP contribution in [0.2, 0.25) is 0 Å². The molecular weight excluding hydrogens is 390 g/mol. The number of benzene rings is 2. The van der Waals surface area contributed by atoms with Crippen molar-refractivity contribution >= 4 is 12.0 Å². The topological polar surface area (TPSA) is 61.9 Å². The Hall–Kier alpha value is -2.86. The highest BCUT2D eigenvalue weighted by Gasteiger charge is 2.31. The smallest absolute Gasteiger partial charge is 0.328 e. The second-order valence-electron chi connectivity index (χ2n) is 8.08. The molecule has 0 radical (unpaired) electrons. The molecule has 1 aliphatic heterocycles. The number of hydrogen-bond donors (Lipinski definition) is 1. The summed E-state index contributed by atoms with van der Waals surface area (Å²) in [7, 11) is 1.36. The van der Waals surface area contributed by atoms with Crippen LogP contribution in [0.1, 0.15) is 37.4 Å². The molecule has 0 bridgehead atoms. The lowest BCUT2D eigenvalue weighted by Gasteiger charge is -2.40. The number of esters is 1. The second-order valence-corrected chi connectivity index (χ2v) is 8.08. The summed E-state index contributed by atoms with van der Waals surface area (Å²) in [5.74, 6) is -0.382. The van der Waals surface area contributed by atoms with Gasteiger partial charge in [0.15, 0.2) is 0 Å². The van der Waals surface area contributed by atoms with Crippen LogP contribution in [-0.4, -0.2) is 61.1 Å². The van der Waals surface area contributed by atoms with Gasteiger partial charge in [0, 0.05) is 26.2 Å². The van der Waals surface area contributed by atoms with Crippen molar-refractivity contribution in [3.63, 3.8) is 0 Å². The van der Waals surface area contributed by atoms with Gasteiger partial charge in [-0.3, -0.25) is 4.90 Å². The van der Waals surface area contributed by atoms with Crippen LogP contribution in [0.25, 0.3) is 0 Å². The Kier molecular flexibility index (Phi) is 8.06. The van der Waals surface area contributed by atoms with Gasteiger partial charge in [0.1, 0.15) is 6.04 Å². The minimum atomic E-state index is -0.623. The van der Waals surface area contributed by atoms with E-state index in [1.54, 1.807) is 4.90 Å². The van der Waals surface area contributed by atoms with Crippen LogP contribution in [0.4, 0.5) is 4.79 Å². The second kappa shape index (κ2) is 11.0. The maximum atomic E-state index is 12.9. The van der Waals surface area contributed by atoms with E-state index in [0.717, 1.165) is 19.5 Å². The number of amides is 2. The first-order valence-electron chi connectivity index (χ1n) is 11.0. The van der Waals surface area contributed by atoms with Crippen LogP contribution < -0.4 is 5.32 Å². The van der Waals surface area contributed by atoms with Crippen LogP contribution in [0.15, 0.2) is 60.7 Å². The summed E-state index contributed by atoms with van der Waals surface area (Å²) in [6, 6.07) is 20.3. The van der Waals surface area contributed by atoms with E-state index in [2.05, 4.69) is 58.7 Å². The molecule has 31 heavy (non-hydrogen) atoms. The lowest BCUT2D eigenvalue weighted by molar-refractivity contribution is -0.144. The molecule has 2 aromatic rings. The number of piperazine rings is 1. The molecule has 6 heteroatoms. The lowest BCUT2D eigenvalue weighted by atomic mass is 9.96. The number of carbonyl (C=O) groups excluding carboxylic acids is 2. The number of urea groups is 1. The number of rotatable bonds is 7. The average Bonchev–Trinajstić information content (AvgIpc) is 2.83. The molecule has 0 aliphatic carbocycles. The third-order valence-corrected chi connectivity index (χ3v) is 6.14. The van der Waals surface area contributed by atoms with Gasteiger partial charge >= 0.3 is 12.0 Å². The number of methoxy groups -OCH3 is 1. The Bertz CT molecular complexity index is 796. The summed E-state index contributed by atoms with van der Waals surface area (Å²) >= 11 is 0. The van der Waals surface area contributed by atoms with Gasteiger partial charge in [0.2, 0.25) is 0 Å². The monoisotopic (exact) mass is 423 g/mol. The van der Waals surface area contributed by atoms with Crippen molar-refractivity contribution in [1.29, 1.82) is 0 Å². The molecule has 166 valence electrons. The molecule has 0 spiro atoms. The molecule has 0 unspecified atom stereocenters. The first-order chi connectivity index (χ1) is 15.0. The maximum absolute atomic E-state index is 12.9. The quantitative estimate of drug-likeness (QED) is 0.690. The molecule has 3 rings (SSSR count). The number of nitrogens with zero attached hydrogens (tertiary/aromatic N) is 2. The standard InChI is InChI=1S/C25H33N3O3/c1-4-19(2)22(24(29)31-3)26-25(30)28-17-15-27(16-18-28)23(20-11-7-5-8-12-20)21-13-9-6-10-14-21/h5-14,19,22-23H,4,15-18H2,1-3H3,(H,26,30)/t19-,22-/m0/s1. The molecular formula is C25H33N3O3. The van der Waals surface area contributed by atoms with Gasteiger partial charge in [-0.25, -0.2) is 9.59 Å². The Morgan fingerprint density at radius 3 is 1.90 bits per heavy atom. The minimum absolute atomic E-state index is 0.0123. The first-order valence-corrected chi connectivity index (χ1v) is 11.0. The summed E-state index contributed by atoms with van der Waals surface area (Å²) in [4.78, 5) is 29.2. The van der Waals surface area contributed by atoms with Crippen molar-refractivity contribution in [2.24, 2.45) is 5.92 Å². The fourth-order valence-corrected chi connectivity index (χ4v) is 4.09. The zero-order chi connectivity index (χ0) is 22.2. The predicted octanol–water partition coefficient (Wildman–Crippen LogP) is 3.69. The van der Waals surface area contributed by atoms with Gasteiger partial charge in [-0.05, 0) is 17.0 Å². The number of hydrogen-bond acceptors (Lipinski definition) is 4. The molecule has 6 nitrogen and oxygen atoms in total. The van der Waals surface area contributed by atoms with Crippen molar-refractivity contribution in [3.8, 4) is 0 Å². The summed E-state index contributed by atoms with van der Waals surface area (Å²) in [5, 5.41) is 2.89. The molecule has 2 atom stereocenters. The minimum Gasteiger partial charge on any atom is -0.467 e. The van der Waals surface area contributed by atoms with E-state index in [9.17, 15) is 9.59 Å². The van der Waals surface area contributed by atoms with E-state index in [4.69, 9.17) is 4.74 Å². The van der Waals surface area contributed by atoms with Crippen LogP contribution in [0.5, 0.6) is 0 Å². The van der Waals surface area contributed by atoms with Crippen LogP contribution in [-0.2, 0) is 9.53 Å². The fraction of sp³-hybridized carbons (Fsp3) is 0.440. The van der Waals surface area contributed by atoms with Gasteiger partial charge < -0.3 is 15.0 Å². The Morgan fingerprint density at radius 2 is 1.45 bits per heavy atom. The van der Waals surface area contributed by atoms with E-state index in [1.165, 1.54) is 18.2 Å². The van der Waals surface area contributed by atoms with E-state index in [-0.39, 0.29) is 18.0 Å². The molecule has 1 N–H and O–H groups in total. The summed E-state index contributed by atoms with van der Waals surface area (Å²) in [5.41, 5.74) is 2.49. The third-order valence-electron chi connectivity index (χ3n) is 6.14. The normalized spacial score (nSPS) is 16.6. The van der Waals surface area contributed by atoms with Gasteiger partial charge in [-0.15, -0.1) is 0 Å². The SMILES string of the molecule is CC[C@H](C)[C@H](NC(=O)N1CCN(C(c2ccccc2)c2ccccc2)CC1)C(=O)OC. The molecule has 1 saturated heterocycles. The van der Waals surface area contributed by atoms with E-state index < -0.39 is 12.0 Å². The van der Waals surface area contributed by atoms with Crippen LogP contribution >= 0.6 is 0 Å². The van der Waals surface area contributed by atoms with Crippen molar-refractivity contribution in [3.05, 3.63) is 71.8 Å². The number of nitrogens with one attached hydrogen (secondary N) is 1. The Morgan fingerprint density at radius 1 is 0.935 bits per heavy atom. The molecule has 2 aromatic carbocycles. The zero-order valence-corrected chi connectivity index (χ0v) is 18.7. The fourth-order valence-electron chi connectivity index (χ4n) is 4.09. The molecule has 1 aliphatic rings. The van der Waals surface area contributed by atoms with Crippen molar-refractivity contribution < 1.29 is 14.3 Å². The summed E-state index contributed by atoms with van der Waals surface area (Å²) in [6.07, 6.45) is 0.781. The predicted molar refractivity (Wildman–Crippen MR) is 122 cm³/mol. The Labute approximate surface area is 185 Å². The molecule has 0 aromatic heterocycles. The highest BCUT2D eigenvalue weighted by molar-refractivity contribution is 5.83. The summed E-state index contributed by atoms with van der Waals surface area (Å²) < 4.78 is 4.89. The highest BCUT2D eigenvalue weighted by atomic mass is 16.5. The van der Waals surface area contributed by atoms with E-state index in [1.807, 2.05) is 26.0 Å². The van der Waals surface area contributed by atoms with Crippen molar-refractivity contribution in [2.75, 3.05) is 33.3 Å². The molecule has 2 amide bonds.